The van der Waals surface area contributed by atoms with Crippen LogP contribution in [-0.2, 0) is 28.2 Å². The van der Waals surface area contributed by atoms with Gasteiger partial charge in [-0.3, -0.25) is 9.78 Å². The van der Waals surface area contributed by atoms with Crippen LogP contribution in [0.5, 0.6) is 0 Å². The van der Waals surface area contributed by atoms with Crippen LogP contribution in [0, 0.1) is 18.3 Å². The third-order valence-electron chi connectivity index (χ3n) is 6.50. The molecule has 0 saturated heterocycles. The predicted octanol–water partition coefficient (Wildman–Crippen LogP) is 4.21. The summed E-state index contributed by atoms with van der Waals surface area (Å²) in [6.45, 7) is 1.75. The van der Waals surface area contributed by atoms with Gasteiger partial charge in [-0.15, -0.1) is 0 Å². The van der Waals surface area contributed by atoms with Gasteiger partial charge in [-0.2, -0.15) is 9.57 Å². The highest BCUT2D eigenvalue weighted by Crippen LogP contribution is 2.30. The maximum atomic E-state index is 14.0. The van der Waals surface area contributed by atoms with E-state index in [1.807, 2.05) is 0 Å². The van der Waals surface area contributed by atoms with E-state index in [1.165, 1.54) is 28.8 Å². The fraction of sp³-hybridized carbons (Fsp3) is 0.138. The Bertz CT molecular complexity index is 2010. The first-order chi connectivity index (χ1) is 19.1. The number of aryl methyl sites for hydroxylation is 2. The molecule has 11 heteroatoms. The van der Waals surface area contributed by atoms with Crippen molar-refractivity contribution in [2.45, 2.75) is 18.2 Å². The van der Waals surface area contributed by atoms with Crippen LogP contribution in [0.4, 0.5) is 10.5 Å². The molecule has 10 nitrogen and oxygen atoms in total. The predicted molar refractivity (Wildman–Crippen MR) is 149 cm³/mol. The quantitative estimate of drug-likeness (QED) is 0.316. The van der Waals surface area contributed by atoms with Gasteiger partial charge >= 0.3 is 6.09 Å². The molecule has 0 atom stereocenters. The highest BCUT2D eigenvalue weighted by molar-refractivity contribution is 7.93. The number of pyridine rings is 1. The lowest BCUT2D eigenvalue weighted by Crippen LogP contribution is -2.37. The van der Waals surface area contributed by atoms with Crippen molar-refractivity contribution in [3.63, 3.8) is 0 Å². The lowest BCUT2D eigenvalue weighted by molar-refractivity contribution is 0.183. The first kappa shape index (κ1) is 26.5. The van der Waals surface area contributed by atoms with Crippen LogP contribution < -0.4 is 9.86 Å². The Morgan fingerprint density at radius 2 is 1.80 bits per heavy atom. The second-order valence-electron chi connectivity index (χ2n) is 9.10. The molecule has 0 bridgehead atoms. The van der Waals surface area contributed by atoms with Gasteiger partial charge in [-0.25, -0.2) is 18.2 Å². The number of fused-ring (bicyclic) bond motifs is 2. The number of nitriles is 1. The summed E-state index contributed by atoms with van der Waals surface area (Å²) in [5.41, 5.74) is 2.75. The number of hydrogen-bond acceptors (Lipinski definition) is 8. The van der Waals surface area contributed by atoms with Crippen molar-refractivity contribution in [1.82, 2.24) is 14.5 Å². The summed E-state index contributed by atoms with van der Waals surface area (Å²) in [4.78, 5) is 34.8. The summed E-state index contributed by atoms with van der Waals surface area (Å²) >= 11 is 0. The van der Waals surface area contributed by atoms with Gasteiger partial charge in [0.05, 0.1) is 41.0 Å². The molecule has 5 rings (SSSR count). The molecular formula is C29H23N5O5S. The van der Waals surface area contributed by atoms with Crippen molar-refractivity contribution in [2.24, 2.45) is 7.05 Å². The summed E-state index contributed by atoms with van der Waals surface area (Å²) in [7, 11) is -1.80. The zero-order chi connectivity index (χ0) is 28.6. The number of aromatic nitrogens is 3. The molecule has 0 aliphatic carbocycles. The third kappa shape index (κ3) is 4.65. The fourth-order valence-electron chi connectivity index (χ4n) is 4.46. The smallest absolute Gasteiger partial charge is 0.428 e. The van der Waals surface area contributed by atoms with Gasteiger partial charge in [-0.05, 0) is 55.0 Å². The average molecular weight is 554 g/mol. The molecule has 2 heterocycles. The number of carbonyl (C=O) groups excluding carboxylic acids is 1. The summed E-state index contributed by atoms with van der Waals surface area (Å²) in [6, 6.07) is 21.4. The number of para-hydroxylation sites is 1. The average Bonchev–Trinajstić information content (AvgIpc) is 2.95. The van der Waals surface area contributed by atoms with Crippen LogP contribution in [-0.4, -0.2) is 36.2 Å². The van der Waals surface area contributed by atoms with E-state index < -0.39 is 16.1 Å². The largest absolute Gasteiger partial charge is 0.452 e. The van der Waals surface area contributed by atoms with Crippen molar-refractivity contribution >= 4 is 43.7 Å². The highest BCUT2D eigenvalue weighted by Gasteiger charge is 2.34. The molecule has 0 unspecified atom stereocenters. The number of rotatable bonds is 5. The van der Waals surface area contributed by atoms with Gasteiger partial charge < -0.3 is 9.30 Å². The van der Waals surface area contributed by atoms with Crippen molar-refractivity contribution in [1.29, 1.82) is 5.26 Å². The Labute approximate surface area is 229 Å². The van der Waals surface area contributed by atoms with Crippen LogP contribution in [0.2, 0.25) is 0 Å². The molecule has 0 spiro atoms. The maximum absolute atomic E-state index is 14.0. The standard InChI is InChI=1S/C29H23N5O5S/c1-18-7-12-21-5-4-6-26(27(21)31-18)40(37,38)34(29(36)39-3)22-13-14-25-23(16-22)32-24(28(35)33(25)2)15-19-8-10-20(17-30)11-9-19/h4-14,16H,15H2,1-3H3. The van der Waals surface area contributed by atoms with Crippen molar-refractivity contribution < 1.29 is 17.9 Å². The van der Waals surface area contributed by atoms with Gasteiger partial charge in [0.25, 0.3) is 15.6 Å². The maximum Gasteiger partial charge on any atom is 0.428 e. The Balaban J connectivity index is 1.65. The Kier molecular flexibility index (Phi) is 6.79. The molecule has 2 aromatic heterocycles. The number of nitrogens with zero attached hydrogens (tertiary/aromatic N) is 5. The first-order valence-electron chi connectivity index (χ1n) is 12.1. The van der Waals surface area contributed by atoms with Crippen molar-refractivity contribution in [3.8, 4) is 6.07 Å². The normalized spacial score (nSPS) is 11.3. The summed E-state index contributed by atoms with van der Waals surface area (Å²) in [6.07, 6.45) is -0.926. The fourth-order valence-corrected chi connectivity index (χ4v) is 5.98. The third-order valence-corrected chi connectivity index (χ3v) is 8.22. The van der Waals surface area contributed by atoms with Crippen LogP contribution in [0.15, 0.2) is 82.5 Å². The topological polar surface area (TPSA) is 135 Å². The Morgan fingerprint density at radius 3 is 2.50 bits per heavy atom. The zero-order valence-electron chi connectivity index (χ0n) is 21.8. The molecule has 0 saturated carbocycles. The van der Waals surface area contributed by atoms with E-state index in [-0.39, 0.29) is 33.8 Å². The van der Waals surface area contributed by atoms with Crippen LogP contribution >= 0.6 is 0 Å². The van der Waals surface area contributed by atoms with E-state index in [2.05, 4.69) is 16.0 Å². The molecular weight excluding hydrogens is 530 g/mol. The second-order valence-corrected chi connectivity index (χ2v) is 10.9. The molecule has 3 aromatic carbocycles. The van der Waals surface area contributed by atoms with Gasteiger partial charge in [0.1, 0.15) is 10.6 Å². The molecule has 40 heavy (non-hydrogen) atoms. The molecule has 0 radical (unpaired) electrons. The molecule has 0 fully saturated rings. The van der Waals surface area contributed by atoms with Crippen LogP contribution in [0.3, 0.4) is 0 Å². The van der Waals surface area contributed by atoms with Crippen LogP contribution in [0.1, 0.15) is 22.5 Å². The number of anilines is 1. The molecule has 200 valence electrons. The lowest BCUT2D eigenvalue weighted by Gasteiger charge is -2.22. The number of benzene rings is 3. The molecule has 0 aliphatic rings. The minimum Gasteiger partial charge on any atom is -0.452 e. The van der Waals surface area contributed by atoms with Crippen molar-refractivity contribution in [3.05, 3.63) is 106 Å². The minimum absolute atomic E-state index is 0.0144. The molecule has 1 amide bonds. The van der Waals surface area contributed by atoms with Gasteiger partial charge in [0.2, 0.25) is 0 Å². The number of hydrogen-bond donors (Lipinski definition) is 0. The highest BCUT2D eigenvalue weighted by atomic mass is 32.2. The number of methoxy groups -OCH3 is 1. The number of sulfonamides is 1. The summed E-state index contributed by atoms with van der Waals surface area (Å²) in [5, 5.41) is 9.64. The monoisotopic (exact) mass is 553 g/mol. The SMILES string of the molecule is COC(=O)N(c1ccc2c(c1)nc(Cc1ccc(C#N)cc1)c(=O)n2C)S(=O)(=O)c1cccc2ccc(C)nc12. The van der Waals surface area contributed by atoms with Crippen LogP contribution in [0.25, 0.3) is 21.9 Å². The lowest BCUT2D eigenvalue weighted by atomic mass is 10.1. The molecule has 0 aliphatic heterocycles. The number of carbonyl (C=O) groups is 1. The van der Waals surface area contributed by atoms with Gasteiger partial charge in [0, 0.05) is 24.5 Å². The van der Waals surface area contributed by atoms with E-state index in [4.69, 9.17) is 10.00 Å². The number of amides is 1. The second kappa shape index (κ2) is 10.2. The summed E-state index contributed by atoms with van der Waals surface area (Å²) < 4.78 is 34.8. The minimum atomic E-state index is -4.49. The van der Waals surface area contributed by atoms with E-state index >= 15 is 0 Å². The van der Waals surface area contributed by atoms with Gasteiger partial charge in [0.15, 0.2) is 0 Å². The zero-order valence-corrected chi connectivity index (χ0v) is 22.6. The van der Waals surface area contributed by atoms with E-state index in [1.54, 1.807) is 62.5 Å². The van der Waals surface area contributed by atoms with Gasteiger partial charge in [-0.1, -0.05) is 30.3 Å². The van der Waals surface area contributed by atoms with Crippen molar-refractivity contribution in [2.75, 3.05) is 11.4 Å². The molecule has 5 aromatic rings. The Hall–Kier alpha value is -5.08. The Morgan fingerprint density at radius 1 is 1.05 bits per heavy atom. The van der Waals surface area contributed by atoms with E-state index in [9.17, 15) is 18.0 Å². The number of ether oxygens (including phenoxy) is 1. The van der Waals surface area contributed by atoms with E-state index in [0.717, 1.165) is 12.7 Å². The molecule has 0 N–H and O–H groups in total. The summed E-state index contributed by atoms with van der Waals surface area (Å²) in [5.74, 6) is 0. The van der Waals surface area contributed by atoms with E-state index in [0.29, 0.717) is 32.0 Å². The first-order valence-corrected chi connectivity index (χ1v) is 13.6.